The number of carbonyl (C=O) groups excluding carboxylic acids is 1. The van der Waals surface area contributed by atoms with Crippen LogP contribution in [0.1, 0.15) is 64.6 Å². The predicted octanol–water partition coefficient (Wildman–Crippen LogP) is 3.84. The summed E-state index contributed by atoms with van der Waals surface area (Å²) in [6.45, 7) is 12.6. The Morgan fingerprint density at radius 3 is 2.50 bits per heavy atom. The third-order valence-electron chi connectivity index (χ3n) is 6.04. The number of ether oxygens (including phenoxy) is 2. The van der Waals surface area contributed by atoms with Crippen LogP contribution in [0.4, 0.5) is 0 Å². The number of amides is 1. The highest BCUT2D eigenvalue weighted by Gasteiger charge is 2.41. The van der Waals surface area contributed by atoms with Crippen LogP contribution in [0.25, 0.3) is 0 Å². The lowest BCUT2D eigenvalue weighted by Gasteiger charge is -2.38. The van der Waals surface area contributed by atoms with Crippen LogP contribution in [0.3, 0.4) is 0 Å². The molecular formula is C23H35ClN2O5S. The minimum absolute atomic E-state index is 0.0537. The number of carbonyl (C=O) groups is 1. The van der Waals surface area contributed by atoms with E-state index in [9.17, 15) is 14.5 Å². The van der Waals surface area contributed by atoms with E-state index in [2.05, 4.69) is 4.72 Å². The van der Waals surface area contributed by atoms with Crippen LogP contribution in [0.15, 0.2) is 12.1 Å². The lowest BCUT2D eigenvalue weighted by atomic mass is 9.85. The maximum Gasteiger partial charge on any atom is 0.254 e. The Morgan fingerprint density at radius 1 is 1.34 bits per heavy atom. The van der Waals surface area contributed by atoms with Crippen LogP contribution in [0.5, 0.6) is 5.75 Å². The van der Waals surface area contributed by atoms with E-state index in [1.54, 1.807) is 19.9 Å². The van der Waals surface area contributed by atoms with E-state index >= 15 is 0 Å². The summed E-state index contributed by atoms with van der Waals surface area (Å²) in [4.78, 5) is 14.7. The molecule has 2 aliphatic rings. The largest absolute Gasteiger partial charge is 0.598 e. The second-order valence-electron chi connectivity index (χ2n) is 10.1. The molecule has 2 N–H and O–H groups in total. The Balaban J connectivity index is 1.75. The molecule has 32 heavy (non-hydrogen) atoms. The summed E-state index contributed by atoms with van der Waals surface area (Å²) in [7, 11) is 0. The van der Waals surface area contributed by atoms with Crippen molar-refractivity contribution in [2.24, 2.45) is 5.92 Å². The fraction of sp³-hybridized carbons (Fsp3) is 0.696. The van der Waals surface area contributed by atoms with Gasteiger partial charge in [-0.25, -0.2) is 0 Å². The Bertz CT molecular complexity index is 836. The number of nitrogens with zero attached hydrogens (tertiary/aromatic N) is 1. The van der Waals surface area contributed by atoms with Gasteiger partial charge in [0, 0.05) is 35.0 Å². The van der Waals surface area contributed by atoms with Crippen LogP contribution in [-0.2, 0) is 25.6 Å². The third-order valence-corrected chi connectivity index (χ3v) is 8.03. The van der Waals surface area contributed by atoms with Gasteiger partial charge in [0.1, 0.15) is 10.5 Å². The number of hydrogen-bond donors (Lipinski definition) is 2. The summed E-state index contributed by atoms with van der Waals surface area (Å²) < 4.78 is 27.0. The molecule has 1 aromatic carbocycles. The van der Waals surface area contributed by atoms with E-state index in [1.807, 2.05) is 38.7 Å². The van der Waals surface area contributed by atoms with Crippen molar-refractivity contribution < 1.29 is 23.9 Å². The molecule has 1 amide bonds. The first-order valence-electron chi connectivity index (χ1n) is 11.1. The summed E-state index contributed by atoms with van der Waals surface area (Å²) in [5, 5.41) is 11.1. The van der Waals surface area contributed by atoms with Crippen molar-refractivity contribution in [3.63, 3.8) is 0 Å². The van der Waals surface area contributed by atoms with Gasteiger partial charge in [-0.2, -0.15) is 0 Å². The molecule has 0 radical (unpaired) electrons. The highest BCUT2D eigenvalue weighted by molar-refractivity contribution is 7.90. The first kappa shape index (κ1) is 25.6. The quantitative estimate of drug-likeness (QED) is 0.614. The maximum absolute atomic E-state index is 13.0. The molecule has 2 fully saturated rings. The van der Waals surface area contributed by atoms with Crippen molar-refractivity contribution in [1.29, 1.82) is 0 Å². The summed E-state index contributed by atoms with van der Waals surface area (Å²) >= 11 is 4.86. The lowest BCUT2D eigenvalue weighted by Crippen LogP contribution is -2.48. The van der Waals surface area contributed by atoms with Gasteiger partial charge in [0.25, 0.3) is 5.91 Å². The molecule has 0 aromatic heterocycles. The number of piperidine rings is 1. The van der Waals surface area contributed by atoms with Crippen molar-refractivity contribution >= 4 is 28.9 Å². The SMILES string of the molecule is Cc1cc([C@H](N[S@@+]([O-])C(C)(C)C)C2CCN(C(=O)[C@H]3COC(C)(C)O3)CC2)c(O)cc1Cl. The molecule has 1 aromatic rings. The van der Waals surface area contributed by atoms with Gasteiger partial charge in [0.2, 0.25) is 0 Å². The van der Waals surface area contributed by atoms with Gasteiger partial charge in [-0.1, -0.05) is 11.6 Å². The normalized spacial score (nSPS) is 23.9. The van der Waals surface area contributed by atoms with E-state index in [1.165, 1.54) is 0 Å². The molecule has 180 valence electrons. The Labute approximate surface area is 199 Å². The number of likely N-dealkylation sites (tertiary alicyclic amines) is 1. The summed E-state index contributed by atoms with van der Waals surface area (Å²) in [6.07, 6.45) is 0.845. The summed E-state index contributed by atoms with van der Waals surface area (Å²) in [6, 6.07) is 3.07. The van der Waals surface area contributed by atoms with Crippen molar-refractivity contribution in [2.45, 2.75) is 77.1 Å². The second-order valence-corrected chi connectivity index (χ2v) is 12.5. The van der Waals surface area contributed by atoms with E-state index in [4.69, 9.17) is 21.1 Å². The molecule has 0 saturated carbocycles. The first-order valence-corrected chi connectivity index (χ1v) is 12.6. The van der Waals surface area contributed by atoms with Crippen LogP contribution >= 0.6 is 11.6 Å². The molecule has 3 atom stereocenters. The zero-order valence-electron chi connectivity index (χ0n) is 19.7. The van der Waals surface area contributed by atoms with Gasteiger partial charge >= 0.3 is 0 Å². The average Bonchev–Trinajstić information content (AvgIpc) is 3.07. The van der Waals surface area contributed by atoms with Gasteiger partial charge in [-0.05, 0) is 78.0 Å². The van der Waals surface area contributed by atoms with E-state index in [0.717, 1.165) is 5.56 Å². The Hall–Kier alpha value is -1.03. The maximum atomic E-state index is 13.0. The Kier molecular flexibility index (Phi) is 7.74. The lowest BCUT2D eigenvalue weighted by molar-refractivity contribution is -0.161. The molecule has 2 saturated heterocycles. The number of aromatic hydroxyl groups is 1. The molecule has 0 spiro atoms. The van der Waals surface area contributed by atoms with Crippen molar-refractivity contribution in [2.75, 3.05) is 19.7 Å². The number of phenols is 1. The number of nitrogens with one attached hydrogen (secondary N) is 1. The molecule has 0 aliphatic carbocycles. The fourth-order valence-electron chi connectivity index (χ4n) is 4.11. The van der Waals surface area contributed by atoms with Gasteiger partial charge in [-0.3, -0.25) is 4.79 Å². The molecule has 2 heterocycles. The first-order chi connectivity index (χ1) is 14.8. The summed E-state index contributed by atoms with van der Waals surface area (Å²) in [5.41, 5.74) is 1.53. The van der Waals surface area contributed by atoms with Gasteiger partial charge in [0.15, 0.2) is 11.9 Å². The molecular weight excluding hydrogens is 452 g/mol. The molecule has 9 heteroatoms. The van der Waals surface area contributed by atoms with E-state index in [0.29, 0.717) is 36.5 Å². The number of benzene rings is 1. The molecule has 3 rings (SSSR count). The standard InChI is InChI=1S/C23H35ClN2O5S/c1-14-11-16(18(27)12-17(14)24)20(25-32(29)22(2,3)4)15-7-9-26(10-8-15)21(28)19-13-30-23(5,6)31-19/h11-12,15,19-20,25,27H,7-10,13H2,1-6H3/t19-,20-,32+/m1/s1. The highest BCUT2D eigenvalue weighted by atomic mass is 35.5. The zero-order valence-corrected chi connectivity index (χ0v) is 21.3. The van der Waals surface area contributed by atoms with E-state index in [-0.39, 0.29) is 30.2 Å². The predicted molar refractivity (Wildman–Crippen MR) is 126 cm³/mol. The van der Waals surface area contributed by atoms with Gasteiger partial charge < -0.3 is 24.0 Å². The minimum atomic E-state index is -1.33. The highest BCUT2D eigenvalue weighted by Crippen LogP contribution is 2.39. The number of halogens is 1. The Morgan fingerprint density at radius 2 is 1.97 bits per heavy atom. The minimum Gasteiger partial charge on any atom is -0.598 e. The van der Waals surface area contributed by atoms with Crippen molar-refractivity contribution in [3.8, 4) is 5.75 Å². The van der Waals surface area contributed by atoms with Crippen molar-refractivity contribution in [3.05, 3.63) is 28.3 Å². The molecule has 0 unspecified atom stereocenters. The monoisotopic (exact) mass is 486 g/mol. The molecule has 7 nitrogen and oxygen atoms in total. The van der Waals surface area contributed by atoms with E-state index < -0.39 is 28.0 Å². The van der Waals surface area contributed by atoms with Crippen LogP contribution in [-0.4, -0.2) is 56.8 Å². The van der Waals surface area contributed by atoms with Gasteiger partial charge in [0.05, 0.1) is 12.6 Å². The number of hydrogen-bond acceptors (Lipinski definition) is 6. The van der Waals surface area contributed by atoms with Crippen LogP contribution < -0.4 is 4.72 Å². The molecule has 0 bridgehead atoms. The topological polar surface area (TPSA) is 94.1 Å². The van der Waals surface area contributed by atoms with Crippen LogP contribution in [0, 0.1) is 12.8 Å². The van der Waals surface area contributed by atoms with Crippen LogP contribution in [0.2, 0.25) is 5.02 Å². The number of phenolic OH excluding ortho intramolecular Hbond substituents is 1. The number of rotatable bonds is 5. The fourth-order valence-corrected chi connectivity index (χ4v) is 5.18. The average molecular weight is 487 g/mol. The zero-order chi connectivity index (χ0) is 23.8. The van der Waals surface area contributed by atoms with Crippen molar-refractivity contribution in [1.82, 2.24) is 9.62 Å². The number of aryl methyl sites for hydroxylation is 1. The molecule has 2 aliphatic heterocycles. The van der Waals surface area contributed by atoms with Gasteiger partial charge in [-0.15, -0.1) is 4.72 Å². The smallest absolute Gasteiger partial charge is 0.254 e. The summed E-state index contributed by atoms with van der Waals surface area (Å²) in [5.74, 6) is -0.619. The second kappa shape index (κ2) is 9.68. The third kappa shape index (κ3) is 5.90.